The van der Waals surface area contributed by atoms with Gasteiger partial charge in [0.2, 0.25) is 5.28 Å². The molecule has 0 unspecified atom stereocenters. The van der Waals surface area contributed by atoms with Crippen LogP contribution in [0.5, 0.6) is 0 Å². The maximum atomic E-state index is 6.10. The molecule has 1 fully saturated rings. The van der Waals surface area contributed by atoms with Crippen LogP contribution in [-0.4, -0.2) is 41.3 Å². The molecule has 0 amide bonds. The minimum atomic E-state index is 0.261. The number of hydrogen-bond acceptors (Lipinski definition) is 6. The van der Waals surface area contributed by atoms with Crippen LogP contribution in [0, 0.1) is 0 Å². The standard InChI is InChI=1S/C15H13ClN4OS/c16-15-18-12(20-6-8-21-9-7-20)11-14(19-15)22-13(17-11)10-4-2-1-3-5-10/h1-5H,6-9H2. The maximum Gasteiger partial charge on any atom is 0.225 e. The van der Waals surface area contributed by atoms with Gasteiger partial charge in [0, 0.05) is 18.7 Å². The topological polar surface area (TPSA) is 51.1 Å². The Labute approximate surface area is 136 Å². The van der Waals surface area contributed by atoms with Crippen molar-refractivity contribution >= 4 is 39.1 Å². The van der Waals surface area contributed by atoms with E-state index in [0.29, 0.717) is 13.2 Å². The van der Waals surface area contributed by atoms with Gasteiger partial charge in [0.1, 0.15) is 10.5 Å². The molecule has 3 heterocycles. The van der Waals surface area contributed by atoms with Crippen LogP contribution in [0.3, 0.4) is 0 Å². The third-order valence-electron chi connectivity index (χ3n) is 3.54. The SMILES string of the molecule is Clc1nc(N2CCOCC2)c2nc(-c3ccccc3)sc2n1. The molecule has 3 aromatic rings. The molecular weight excluding hydrogens is 320 g/mol. The summed E-state index contributed by atoms with van der Waals surface area (Å²) in [4.78, 5) is 16.5. The van der Waals surface area contributed by atoms with Crippen molar-refractivity contribution in [1.82, 2.24) is 15.0 Å². The molecule has 5 nitrogen and oxygen atoms in total. The number of thiazole rings is 1. The summed E-state index contributed by atoms with van der Waals surface area (Å²) < 4.78 is 5.40. The first-order valence-corrected chi connectivity index (χ1v) is 8.23. The number of fused-ring (bicyclic) bond motifs is 1. The Bertz CT molecular complexity index is 802. The first-order valence-electron chi connectivity index (χ1n) is 7.03. The summed E-state index contributed by atoms with van der Waals surface area (Å²) in [6.07, 6.45) is 0. The summed E-state index contributed by atoms with van der Waals surface area (Å²) in [7, 11) is 0. The molecule has 2 aromatic heterocycles. The highest BCUT2D eigenvalue weighted by Gasteiger charge is 2.20. The van der Waals surface area contributed by atoms with E-state index in [1.807, 2.05) is 30.3 Å². The Kier molecular flexibility index (Phi) is 3.65. The minimum Gasteiger partial charge on any atom is -0.378 e. The fourth-order valence-corrected chi connectivity index (χ4v) is 3.64. The maximum absolute atomic E-state index is 6.10. The lowest BCUT2D eigenvalue weighted by Gasteiger charge is -2.27. The number of hydrogen-bond donors (Lipinski definition) is 0. The van der Waals surface area contributed by atoms with Crippen LogP contribution in [0.4, 0.5) is 5.82 Å². The van der Waals surface area contributed by atoms with E-state index in [-0.39, 0.29) is 5.28 Å². The van der Waals surface area contributed by atoms with E-state index in [1.54, 1.807) is 0 Å². The van der Waals surface area contributed by atoms with Crippen molar-refractivity contribution in [3.05, 3.63) is 35.6 Å². The predicted octanol–water partition coefficient (Wildman–Crippen LogP) is 3.24. The molecule has 0 bridgehead atoms. The van der Waals surface area contributed by atoms with E-state index in [9.17, 15) is 0 Å². The van der Waals surface area contributed by atoms with Crippen LogP contribution in [0.1, 0.15) is 0 Å². The van der Waals surface area contributed by atoms with Crippen LogP contribution in [0.2, 0.25) is 5.28 Å². The van der Waals surface area contributed by atoms with Crippen LogP contribution in [0.15, 0.2) is 30.3 Å². The summed E-state index contributed by atoms with van der Waals surface area (Å²) in [5.41, 5.74) is 1.89. The average molecular weight is 333 g/mol. The Morgan fingerprint density at radius 2 is 1.82 bits per heavy atom. The van der Waals surface area contributed by atoms with Crippen molar-refractivity contribution in [2.45, 2.75) is 0 Å². The molecule has 7 heteroatoms. The van der Waals surface area contributed by atoms with Gasteiger partial charge in [-0.1, -0.05) is 41.7 Å². The first kappa shape index (κ1) is 13.9. The van der Waals surface area contributed by atoms with Crippen molar-refractivity contribution in [3.63, 3.8) is 0 Å². The number of rotatable bonds is 2. The van der Waals surface area contributed by atoms with E-state index >= 15 is 0 Å². The summed E-state index contributed by atoms with van der Waals surface area (Å²) in [6.45, 7) is 2.97. The molecule has 112 valence electrons. The second-order valence-electron chi connectivity index (χ2n) is 4.95. The van der Waals surface area contributed by atoms with Crippen molar-refractivity contribution in [2.24, 2.45) is 0 Å². The van der Waals surface area contributed by atoms with Crippen LogP contribution in [0.25, 0.3) is 20.9 Å². The van der Waals surface area contributed by atoms with E-state index in [1.165, 1.54) is 11.3 Å². The second kappa shape index (κ2) is 5.79. The molecule has 1 aliphatic heterocycles. The minimum absolute atomic E-state index is 0.261. The molecule has 0 radical (unpaired) electrons. The summed E-state index contributed by atoms with van der Waals surface area (Å²) in [5, 5.41) is 1.19. The van der Waals surface area contributed by atoms with Gasteiger partial charge in [-0.05, 0) is 11.6 Å². The van der Waals surface area contributed by atoms with Gasteiger partial charge in [-0.3, -0.25) is 0 Å². The molecule has 1 aromatic carbocycles. The van der Waals surface area contributed by atoms with Crippen molar-refractivity contribution < 1.29 is 4.74 Å². The molecule has 1 saturated heterocycles. The lowest BCUT2D eigenvalue weighted by molar-refractivity contribution is 0.122. The van der Waals surface area contributed by atoms with E-state index in [4.69, 9.17) is 21.3 Å². The second-order valence-corrected chi connectivity index (χ2v) is 6.27. The lowest BCUT2D eigenvalue weighted by Crippen LogP contribution is -2.37. The normalized spacial score (nSPS) is 15.4. The highest BCUT2D eigenvalue weighted by Crippen LogP contribution is 2.34. The molecule has 0 N–H and O–H groups in total. The highest BCUT2D eigenvalue weighted by molar-refractivity contribution is 7.21. The number of morpholine rings is 1. The Hall–Kier alpha value is -1.76. The van der Waals surface area contributed by atoms with Gasteiger partial charge in [0.15, 0.2) is 10.6 Å². The zero-order valence-electron chi connectivity index (χ0n) is 11.7. The fraction of sp³-hybridized carbons (Fsp3) is 0.267. The van der Waals surface area contributed by atoms with Gasteiger partial charge < -0.3 is 9.64 Å². The largest absolute Gasteiger partial charge is 0.378 e. The molecule has 1 aliphatic rings. The van der Waals surface area contributed by atoms with Gasteiger partial charge in [0.25, 0.3) is 0 Å². The number of nitrogens with zero attached hydrogens (tertiary/aromatic N) is 4. The summed E-state index contributed by atoms with van der Waals surface area (Å²) in [5.74, 6) is 0.803. The van der Waals surface area contributed by atoms with E-state index in [2.05, 4.69) is 14.9 Å². The zero-order chi connectivity index (χ0) is 14.9. The van der Waals surface area contributed by atoms with Gasteiger partial charge in [-0.25, -0.2) is 9.97 Å². The quantitative estimate of drug-likeness (QED) is 0.674. The Morgan fingerprint density at radius 1 is 1.05 bits per heavy atom. The third-order valence-corrected chi connectivity index (χ3v) is 4.71. The Morgan fingerprint density at radius 3 is 2.59 bits per heavy atom. The molecule has 0 aliphatic carbocycles. The van der Waals surface area contributed by atoms with Crippen LogP contribution >= 0.6 is 22.9 Å². The van der Waals surface area contributed by atoms with Crippen LogP contribution < -0.4 is 4.90 Å². The zero-order valence-corrected chi connectivity index (χ0v) is 13.3. The molecule has 22 heavy (non-hydrogen) atoms. The number of anilines is 1. The smallest absolute Gasteiger partial charge is 0.225 e. The average Bonchev–Trinajstić information content (AvgIpc) is 2.99. The number of halogens is 1. The van der Waals surface area contributed by atoms with Crippen LogP contribution in [-0.2, 0) is 4.74 Å². The third kappa shape index (κ3) is 2.54. The lowest BCUT2D eigenvalue weighted by atomic mass is 10.2. The predicted molar refractivity (Wildman–Crippen MR) is 88.7 cm³/mol. The van der Waals surface area contributed by atoms with E-state index < -0.39 is 0 Å². The van der Waals surface area contributed by atoms with Gasteiger partial charge in [0.05, 0.1) is 13.2 Å². The summed E-state index contributed by atoms with van der Waals surface area (Å²) >= 11 is 7.64. The van der Waals surface area contributed by atoms with Crippen molar-refractivity contribution in [2.75, 3.05) is 31.2 Å². The fourth-order valence-electron chi connectivity index (χ4n) is 2.48. The molecule has 0 saturated carbocycles. The first-order chi connectivity index (χ1) is 10.8. The molecule has 4 rings (SSSR count). The molecule has 0 atom stereocenters. The monoisotopic (exact) mass is 332 g/mol. The molecule has 0 spiro atoms. The molecular formula is C15H13ClN4OS. The van der Waals surface area contributed by atoms with Gasteiger partial charge in [-0.15, -0.1) is 0 Å². The van der Waals surface area contributed by atoms with Gasteiger partial charge >= 0.3 is 0 Å². The number of aromatic nitrogens is 3. The van der Waals surface area contributed by atoms with Crippen molar-refractivity contribution in [3.8, 4) is 10.6 Å². The number of benzene rings is 1. The van der Waals surface area contributed by atoms with E-state index in [0.717, 1.165) is 39.8 Å². The Balaban J connectivity index is 1.84. The summed E-state index contributed by atoms with van der Waals surface area (Å²) in [6, 6.07) is 10.1. The van der Waals surface area contributed by atoms with Gasteiger partial charge in [-0.2, -0.15) is 4.98 Å². The number of ether oxygens (including phenoxy) is 1. The van der Waals surface area contributed by atoms with Crippen molar-refractivity contribution in [1.29, 1.82) is 0 Å². The highest BCUT2D eigenvalue weighted by atomic mass is 35.5.